The lowest BCUT2D eigenvalue weighted by Crippen LogP contribution is -2.28. The van der Waals surface area contributed by atoms with E-state index >= 15 is 0 Å². The molecule has 1 saturated heterocycles. The smallest absolute Gasteiger partial charge is 0.253 e. The quantitative estimate of drug-likeness (QED) is 0.653. The Hall–Kier alpha value is -3.02. The fourth-order valence-corrected chi connectivity index (χ4v) is 4.12. The third kappa shape index (κ3) is 4.06. The number of hydrogen-bond acceptors (Lipinski definition) is 5. The Kier molecular flexibility index (Phi) is 5.43. The monoisotopic (exact) mass is 390 g/mol. The number of aromatic nitrogens is 3. The van der Waals surface area contributed by atoms with Crippen LogP contribution in [0.25, 0.3) is 0 Å². The van der Waals surface area contributed by atoms with E-state index in [1.54, 1.807) is 13.1 Å². The van der Waals surface area contributed by atoms with Crippen molar-refractivity contribution in [2.24, 2.45) is 5.92 Å². The Morgan fingerprint density at radius 2 is 2.00 bits per heavy atom. The Morgan fingerprint density at radius 3 is 2.62 bits per heavy atom. The molecule has 6 heteroatoms. The van der Waals surface area contributed by atoms with Gasteiger partial charge in [0.2, 0.25) is 5.89 Å². The minimum absolute atomic E-state index is 0.0401. The van der Waals surface area contributed by atoms with E-state index in [-0.39, 0.29) is 11.8 Å². The lowest BCUT2D eigenvalue weighted by atomic mass is 9.87. The summed E-state index contributed by atoms with van der Waals surface area (Å²) in [6, 6.07) is 11.9. The van der Waals surface area contributed by atoms with Crippen LogP contribution in [0.4, 0.5) is 0 Å². The van der Waals surface area contributed by atoms with Crippen LogP contribution in [0.2, 0.25) is 0 Å². The van der Waals surface area contributed by atoms with E-state index in [0.29, 0.717) is 29.1 Å². The first-order valence-electron chi connectivity index (χ1n) is 10.1. The fourth-order valence-electron chi connectivity index (χ4n) is 4.12. The van der Waals surface area contributed by atoms with Gasteiger partial charge >= 0.3 is 0 Å². The maximum Gasteiger partial charge on any atom is 0.253 e. The number of carbonyl (C=O) groups is 1. The van der Waals surface area contributed by atoms with Crippen LogP contribution in [0.1, 0.15) is 65.3 Å². The highest BCUT2D eigenvalue weighted by Crippen LogP contribution is 2.31. The van der Waals surface area contributed by atoms with Crippen molar-refractivity contribution in [3.8, 4) is 0 Å². The molecule has 2 aromatic heterocycles. The topological polar surface area (TPSA) is 72.1 Å². The molecule has 1 aromatic carbocycles. The third-order valence-electron chi connectivity index (χ3n) is 5.64. The van der Waals surface area contributed by atoms with Crippen molar-refractivity contribution < 1.29 is 9.32 Å². The van der Waals surface area contributed by atoms with Crippen LogP contribution in [0, 0.1) is 12.8 Å². The summed E-state index contributed by atoms with van der Waals surface area (Å²) < 4.78 is 5.17. The van der Waals surface area contributed by atoms with E-state index in [1.165, 1.54) is 5.56 Å². The molecule has 3 aromatic rings. The first-order valence-corrected chi connectivity index (χ1v) is 10.1. The summed E-state index contributed by atoms with van der Waals surface area (Å²) in [4.78, 5) is 23.5. The summed E-state index contributed by atoms with van der Waals surface area (Å²) in [5, 5.41) is 4.11. The third-order valence-corrected chi connectivity index (χ3v) is 5.64. The van der Waals surface area contributed by atoms with E-state index in [0.717, 1.165) is 25.1 Å². The number of hydrogen-bond donors (Lipinski definition) is 0. The number of rotatable bonds is 5. The number of likely N-dealkylation sites (tertiary alicyclic amines) is 1. The predicted octanol–water partition coefficient (Wildman–Crippen LogP) is 4.19. The zero-order valence-corrected chi connectivity index (χ0v) is 17.1. The summed E-state index contributed by atoms with van der Waals surface area (Å²) in [5.74, 6) is 2.05. The fraction of sp³-hybridized carbons (Fsp3) is 0.391. The summed E-state index contributed by atoms with van der Waals surface area (Å²) in [7, 11) is 0. The standard InChI is InChI=1S/C23H26N4O2/c1-15(2)21(22-25-16(3)29-26-22)17-6-8-18(9-7-17)23(28)27-12-10-20(14-27)19-5-4-11-24-13-19/h4-9,11,13,15,20-21H,10,12,14H2,1-3H3. The molecule has 0 saturated carbocycles. The Bertz CT molecular complexity index is 966. The Morgan fingerprint density at radius 1 is 1.21 bits per heavy atom. The highest BCUT2D eigenvalue weighted by Gasteiger charge is 2.29. The first-order chi connectivity index (χ1) is 14.0. The summed E-state index contributed by atoms with van der Waals surface area (Å²) in [6.07, 6.45) is 4.66. The molecular weight excluding hydrogens is 364 g/mol. The SMILES string of the molecule is Cc1nc(C(c2ccc(C(=O)N3CCC(c4cccnc4)C3)cc2)C(C)C)no1. The van der Waals surface area contributed by atoms with E-state index < -0.39 is 0 Å². The van der Waals surface area contributed by atoms with Gasteiger partial charge in [-0.25, -0.2) is 0 Å². The van der Waals surface area contributed by atoms with Gasteiger partial charge in [0.05, 0.1) is 0 Å². The summed E-state index contributed by atoms with van der Waals surface area (Å²) in [6.45, 7) is 7.58. The number of pyridine rings is 1. The molecule has 29 heavy (non-hydrogen) atoms. The van der Waals surface area contributed by atoms with Crippen LogP contribution in [-0.4, -0.2) is 39.0 Å². The predicted molar refractivity (Wildman–Crippen MR) is 110 cm³/mol. The zero-order valence-electron chi connectivity index (χ0n) is 17.1. The molecular formula is C23H26N4O2. The van der Waals surface area contributed by atoms with Gasteiger partial charge in [-0.3, -0.25) is 9.78 Å². The Balaban J connectivity index is 1.48. The molecule has 3 heterocycles. The van der Waals surface area contributed by atoms with E-state index in [2.05, 4.69) is 35.0 Å². The Labute approximate surface area is 171 Å². The van der Waals surface area contributed by atoms with Gasteiger partial charge < -0.3 is 9.42 Å². The molecule has 4 rings (SSSR count). The zero-order chi connectivity index (χ0) is 20.4. The summed E-state index contributed by atoms with van der Waals surface area (Å²) >= 11 is 0. The minimum atomic E-state index is 0.0401. The molecule has 0 aliphatic carbocycles. The van der Waals surface area contributed by atoms with Gasteiger partial charge in [-0.15, -0.1) is 0 Å². The molecule has 0 radical (unpaired) electrons. The molecule has 0 spiro atoms. The average Bonchev–Trinajstić information content (AvgIpc) is 3.38. The second kappa shape index (κ2) is 8.15. The van der Waals surface area contributed by atoms with Crippen LogP contribution in [0.15, 0.2) is 53.3 Å². The molecule has 2 unspecified atom stereocenters. The van der Waals surface area contributed by atoms with Gasteiger partial charge in [0.15, 0.2) is 5.82 Å². The molecule has 150 valence electrons. The molecule has 0 bridgehead atoms. The number of benzene rings is 1. The van der Waals surface area contributed by atoms with Crippen molar-refractivity contribution in [2.45, 2.75) is 39.0 Å². The molecule has 1 fully saturated rings. The largest absolute Gasteiger partial charge is 0.340 e. The first kappa shape index (κ1) is 19.3. The van der Waals surface area contributed by atoms with Gasteiger partial charge in [-0.2, -0.15) is 4.98 Å². The van der Waals surface area contributed by atoms with Crippen LogP contribution in [-0.2, 0) is 0 Å². The van der Waals surface area contributed by atoms with Crippen LogP contribution >= 0.6 is 0 Å². The maximum absolute atomic E-state index is 13.0. The van der Waals surface area contributed by atoms with Gasteiger partial charge in [-0.1, -0.05) is 37.2 Å². The second-order valence-corrected chi connectivity index (χ2v) is 8.04. The van der Waals surface area contributed by atoms with Crippen molar-refractivity contribution in [1.82, 2.24) is 20.0 Å². The number of carbonyl (C=O) groups excluding carboxylic acids is 1. The van der Waals surface area contributed by atoms with E-state index in [4.69, 9.17) is 4.52 Å². The van der Waals surface area contributed by atoms with Gasteiger partial charge in [-0.05, 0) is 41.7 Å². The lowest BCUT2D eigenvalue weighted by molar-refractivity contribution is 0.0790. The summed E-state index contributed by atoms with van der Waals surface area (Å²) in [5.41, 5.74) is 3.01. The molecule has 6 nitrogen and oxygen atoms in total. The lowest BCUT2D eigenvalue weighted by Gasteiger charge is -2.19. The van der Waals surface area contributed by atoms with Crippen molar-refractivity contribution in [1.29, 1.82) is 0 Å². The molecule has 0 N–H and O–H groups in total. The van der Waals surface area contributed by atoms with Crippen LogP contribution < -0.4 is 0 Å². The second-order valence-electron chi connectivity index (χ2n) is 8.04. The minimum Gasteiger partial charge on any atom is -0.340 e. The molecule has 1 aliphatic rings. The van der Waals surface area contributed by atoms with Crippen molar-refractivity contribution >= 4 is 5.91 Å². The van der Waals surface area contributed by atoms with Crippen molar-refractivity contribution in [2.75, 3.05) is 13.1 Å². The van der Waals surface area contributed by atoms with Crippen molar-refractivity contribution in [3.05, 3.63) is 77.2 Å². The number of amides is 1. The van der Waals surface area contributed by atoms with E-state index in [1.807, 2.05) is 41.4 Å². The maximum atomic E-state index is 13.0. The average molecular weight is 390 g/mol. The number of aryl methyl sites for hydroxylation is 1. The molecule has 1 amide bonds. The van der Waals surface area contributed by atoms with Crippen LogP contribution in [0.3, 0.4) is 0 Å². The highest BCUT2D eigenvalue weighted by atomic mass is 16.5. The van der Waals surface area contributed by atoms with Crippen molar-refractivity contribution in [3.63, 3.8) is 0 Å². The van der Waals surface area contributed by atoms with Gasteiger partial charge in [0.25, 0.3) is 5.91 Å². The normalized spacial score (nSPS) is 17.7. The van der Waals surface area contributed by atoms with Gasteiger partial charge in [0, 0.05) is 49.8 Å². The highest BCUT2D eigenvalue weighted by molar-refractivity contribution is 5.94. The van der Waals surface area contributed by atoms with Gasteiger partial charge in [0.1, 0.15) is 0 Å². The molecule has 1 aliphatic heterocycles. The van der Waals surface area contributed by atoms with Crippen LogP contribution in [0.5, 0.6) is 0 Å². The van der Waals surface area contributed by atoms with E-state index in [9.17, 15) is 4.79 Å². The number of nitrogens with zero attached hydrogens (tertiary/aromatic N) is 4. The molecule has 2 atom stereocenters.